The molecule has 0 aliphatic rings. The number of methoxy groups -OCH3 is 1. The monoisotopic (exact) mass is 420 g/mol. The normalized spacial score (nSPS) is 12.1. The summed E-state index contributed by atoms with van der Waals surface area (Å²) in [5, 5.41) is 3.14. The van der Waals surface area contributed by atoms with Crippen LogP contribution in [0, 0.1) is 5.82 Å². The molecule has 1 amide bonds. The molecule has 0 radical (unpaired) electrons. The van der Waals surface area contributed by atoms with E-state index in [0.717, 1.165) is 5.56 Å². The maximum Gasteiger partial charge on any atom is 0.256 e. The van der Waals surface area contributed by atoms with Crippen LogP contribution < -0.4 is 10.1 Å². The molecule has 0 spiro atoms. The number of thioether (sulfide) groups is 1. The molecule has 1 atom stereocenters. The van der Waals surface area contributed by atoms with E-state index in [4.69, 9.17) is 4.74 Å². The van der Waals surface area contributed by atoms with Gasteiger partial charge in [-0.25, -0.2) is 4.39 Å². The standard InChI is InChI=1S/C21H27FN2O2S.C2H6/c1-21(2,24(3)4)19(14-10-8-7-9-11-14)23-20(25)18-16(26-5)12-15(22)13-17(18)27-6;1-2/h7-13,19H,1-6H3,(H,23,25);1-2H3. The first-order valence-electron chi connectivity index (χ1n) is 9.67. The zero-order valence-corrected chi connectivity index (χ0v) is 19.5. The second kappa shape index (κ2) is 11.2. The topological polar surface area (TPSA) is 41.6 Å². The van der Waals surface area contributed by atoms with Gasteiger partial charge in [0, 0.05) is 16.5 Å². The zero-order chi connectivity index (χ0) is 22.2. The number of hydrogen-bond donors (Lipinski definition) is 1. The number of carbonyl (C=O) groups is 1. The first kappa shape index (κ1) is 25.0. The zero-order valence-electron chi connectivity index (χ0n) is 18.7. The Morgan fingerprint density at radius 1 is 1.17 bits per heavy atom. The molecule has 2 rings (SSSR count). The summed E-state index contributed by atoms with van der Waals surface area (Å²) < 4.78 is 19.1. The number of carbonyl (C=O) groups excluding carboxylic acids is 1. The van der Waals surface area contributed by atoms with Crippen LogP contribution >= 0.6 is 11.8 Å². The molecule has 160 valence electrons. The van der Waals surface area contributed by atoms with E-state index in [0.29, 0.717) is 10.5 Å². The molecule has 0 fully saturated rings. The summed E-state index contributed by atoms with van der Waals surface area (Å²) in [7, 11) is 5.40. The molecule has 0 saturated heterocycles. The van der Waals surface area contributed by atoms with Gasteiger partial charge in [0.25, 0.3) is 5.91 Å². The van der Waals surface area contributed by atoms with Crippen molar-refractivity contribution in [2.75, 3.05) is 27.5 Å². The third-order valence-corrected chi connectivity index (χ3v) is 5.73. The van der Waals surface area contributed by atoms with Gasteiger partial charge in [-0.2, -0.15) is 0 Å². The highest BCUT2D eigenvalue weighted by molar-refractivity contribution is 7.98. The van der Waals surface area contributed by atoms with Gasteiger partial charge in [-0.05, 0) is 45.8 Å². The molecule has 29 heavy (non-hydrogen) atoms. The average Bonchev–Trinajstić information content (AvgIpc) is 2.72. The van der Waals surface area contributed by atoms with Gasteiger partial charge in [-0.15, -0.1) is 11.8 Å². The number of ether oxygens (including phenoxy) is 1. The summed E-state index contributed by atoms with van der Waals surface area (Å²) in [6.07, 6.45) is 1.81. The highest BCUT2D eigenvalue weighted by Gasteiger charge is 2.35. The Hall–Kier alpha value is -2.05. The van der Waals surface area contributed by atoms with Gasteiger partial charge in [-0.3, -0.25) is 4.79 Å². The molecule has 0 aliphatic carbocycles. The Bertz CT molecular complexity index is 770. The molecule has 6 heteroatoms. The van der Waals surface area contributed by atoms with Crippen LogP contribution in [0.25, 0.3) is 0 Å². The summed E-state index contributed by atoms with van der Waals surface area (Å²) in [5.74, 6) is -0.493. The van der Waals surface area contributed by atoms with E-state index < -0.39 is 5.82 Å². The van der Waals surface area contributed by atoms with Crippen molar-refractivity contribution in [2.45, 2.75) is 44.2 Å². The number of nitrogens with zero attached hydrogens (tertiary/aromatic N) is 1. The number of hydrogen-bond acceptors (Lipinski definition) is 4. The molecule has 2 aromatic rings. The highest BCUT2D eigenvalue weighted by Crippen LogP contribution is 2.33. The smallest absolute Gasteiger partial charge is 0.256 e. The van der Waals surface area contributed by atoms with Gasteiger partial charge in [0.2, 0.25) is 0 Å². The predicted molar refractivity (Wildman–Crippen MR) is 120 cm³/mol. The number of likely N-dealkylation sites (N-methyl/N-ethyl adjacent to an activating group) is 1. The van der Waals surface area contributed by atoms with E-state index in [1.165, 1.54) is 31.0 Å². The lowest BCUT2D eigenvalue weighted by molar-refractivity contribution is 0.0834. The van der Waals surface area contributed by atoms with Crippen molar-refractivity contribution < 1.29 is 13.9 Å². The van der Waals surface area contributed by atoms with E-state index in [9.17, 15) is 9.18 Å². The van der Waals surface area contributed by atoms with Gasteiger partial charge >= 0.3 is 0 Å². The molecule has 0 aliphatic heterocycles. The lowest BCUT2D eigenvalue weighted by atomic mass is 9.87. The van der Waals surface area contributed by atoms with Crippen molar-refractivity contribution in [2.24, 2.45) is 0 Å². The molecule has 4 nitrogen and oxygen atoms in total. The molecule has 0 bridgehead atoms. The van der Waals surface area contributed by atoms with E-state index >= 15 is 0 Å². The number of amides is 1. The van der Waals surface area contributed by atoms with Gasteiger partial charge < -0.3 is 15.0 Å². The number of rotatable bonds is 7. The fourth-order valence-corrected chi connectivity index (χ4v) is 3.51. The maximum absolute atomic E-state index is 13.8. The third-order valence-electron chi connectivity index (χ3n) is 4.97. The molecule has 1 unspecified atom stereocenters. The molecular formula is C23H33FN2O2S. The van der Waals surface area contributed by atoms with E-state index in [2.05, 4.69) is 24.1 Å². The minimum absolute atomic E-state index is 0.228. The number of benzene rings is 2. The van der Waals surface area contributed by atoms with Crippen molar-refractivity contribution in [1.29, 1.82) is 0 Å². The molecule has 0 saturated carbocycles. The van der Waals surface area contributed by atoms with E-state index in [1.807, 2.05) is 64.5 Å². The summed E-state index contributed by atoms with van der Waals surface area (Å²) >= 11 is 1.31. The van der Waals surface area contributed by atoms with Crippen molar-refractivity contribution in [3.05, 3.63) is 59.4 Å². The Morgan fingerprint density at radius 2 is 1.76 bits per heavy atom. The van der Waals surface area contributed by atoms with E-state index in [1.54, 1.807) is 0 Å². The summed E-state index contributed by atoms with van der Waals surface area (Å²) in [4.78, 5) is 15.8. The number of halogens is 1. The third kappa shape index (κ3) is 5.97. The average molecular weight is 421 g/mol. The van der Waals surface area contributed by atoms with Gasteiger partial charge in [0.05, 0.1) is 18.7 Å². The minimum Gasteiger partial charge on any atom is -0.496 e. The van der Waals surface area contributed by atoms with Crippen molar-refractivity contribution in [3.63, 3.8) is 0 Å². The van der Waals surface area contributed by atoms with Gasteiger partial charge in [0.15, 0.2) is 0 Å². The van der Waals surface area contributed by atoms with Gasteiger partial charge in [-0.1, -0.05) is 44.2 Å². The second-order valence-corrected chi connectivity index (χ2v) is 7.90. The summed E-state index contributed by atoms with van der Waals surface area (Å²) in [6, 6.07) is 12.2. The Balaban J connectivity index is 0.00000204. The van der Waals surface area contributed by atoms with Crippen LogP contribution in [-0.2, 0) is 0 Å². The minimum atomic E-state index is -0.430. The SMILES string of the molecule is CC.COc1cc(F)cc(SC)c1C(=O)NC(c1ccccc1)C(C)(C)N(C)C. The Kier molecular flexibility index (Phi) is 9.66. The van der Waals surface area contributed by atoms with Crippen LogP contribution in [0.3, 0.4) is 0 Å². The fourth-order valence-electron chi connectivity index (χ4n) is 2.88. The second-order valence-electron chi connectivity index (χ2n) is 7.05. The molecule has 0 aromatic heterocycles. The first-order valence-corrected chi connectivity index (χ1v) is 10.9. The molecule has 2 aromatic carbocycles. The van der Waals surface area contributed by atoms with Crippen LogP contribution in [0.2, 0.25) is 0 Å². The van der Waals surface area contributed by atoms with Crippen LogP contribution in [0.5, 0.6) is 5.75 Å². The summed E-state index contributed by atoms with van der Waals surface area (Å²) in [6.45, 7) is 8.14. The Labute approximate surface area is 178 Å². The van der Waals surface area contributed by atoms with Crippen LogP contribution in [0.1, 0.15) is 49.7 Å². The predicted octanol–water partition coefficient (Wildman–Crippen LogP) is 5.39. The lowest BCUT2D eigenvalue weighted by Gasteiger charge is -2.41. The van der Waals surface area contributed by atoms with E-state index in [-0.39, 0.29) is 23.2 Å². The summed E-state index contributed by atoms with van der Waals surface area (Å²) in [5.41, 5.74) is 0.988. The van der Waals surface area contributed by atoms with Crippen LogP contribution in [-0.4, -0.2) is 43.8 Å². The van der Waals surface area contributed by atoms with Crippen LogP contribution in [0.15, 0.2) is 47.4 Å². The molecule has 0 heterocycles. The van der Waals surface area contributed by atoms with Crippen LogP contribution in [0.4, 0.5) is 4.39 Å². The fraction of sp³-hybridized carbons (Fsp3) is 0.435. The quantitative estimate of drug-likeness (QED) is 0.610. The van der Waals surface area contributed by atoms with Crippen molar-refractivity contribution in [3.8, 4) is 5.75 Å². The maximum atomic E-state index is 13.8. The molecular weight excluding hydrogens is 387 g/mol. The highest BCUT2D eigenvalue weighted by atomic mass is 32.2. The largest absolute Gasteiger partial charge is 0.496 e. The van der Waals surface area contributed by atoms with Gasteiger partial charge in [0.1, 0.15) is 11.6 Å². The Morgan fingerprint density at radius 3 is 2.24 bits per heavy atom. The van der Waals surface area contributed by atoms with Crippen molar-refractivity contribution in [1.82, 2.24) is 10.2 Å². The first-order chi connectivity index (χ1) is 13.7. The van der Waals surface area contributed by atoms with Crippen molar-refractivity contribution >= 4 is 17.7 Å². The lowest BCUT2D eigenvalue weighted by Crippen LogP contribution is -2.50. The molecule has 1 N–H and O–H groups in total. The number of nitrogens with one attached hydrogen (secondary N) is 1.